The van der Waals surface area contributed by atoms with E-state index in [1.807, 2.05) is 24.3 Å². The maximum absolute atomic E-state index is 10.2. The average molecular weight is 207 g/mol. The van der Waals surface area contributed by atoms with Crippen molar-refractivity contribution < 1.29 is 9.84 Å². The minimum absolute atomic E-state index is 0.0544. The SMILES string of the molecule is Cc1ccc(OCCCCCC[O-])cc1. The molecule has 0 saturated heterocycles. The third-order valence-electron chi connectivity index (χ3n) is 2.33. The lowest BCUT2D eigenvalue weighted by atomic mass is 10.2. The van der Waals surface area contributed by atoms with Crippen molar-refractivity contribution in [3.05, 3.63) is 29.8 Å². The molecule has 0 unspecified atom stereocenters. The third kappa shape index (κ3) is 5.43. The van der Waals surface area contributed by atoms with Crippen molar-refractivity contribution >= 4 is 0 Å². The molecule has 0 saturated carbocycles. The van der Waals surface area contributed by atoms with E-state index in [0.717, 1.165) is 38.0 Å². The Hall–Kier alpha value is -1.02. The van der Waals surface area contributed by atoms with Crippen molar-refractivity contribution in [2.45, 2.75) is 32.6 Å². The summed E-state index contributed by atoms with van der Waals surface area (Å²) in [6.45, 7) is 2.87. The van der Waals surface area contributed by atoms with Gasteiger partial charge in [-0.05, 0) is 25.5 Å². The summed E-state index contributed by atoms with van der Waals surface area (Å²) in [4.78, 5) is 0. The van der Waals surface area contributed by atoms with Gasteiger partial charge in [-0.3, -0.25) is 0 Å². The molecule has 0 aliphatic rings. The van der Waals surface area contributed by atoms with Crippen LogP contribution in [-0.2, 0) is 0 Å². The number of hydrogen-bond acceptors (Lipinski definition) is 2. The van der Waals surface area contributed by atoms with Gasteiger partial charge in [-0.2, -0.15) is 0 Å². The fourth-order valence-electron chi connectivity index (χ4n) is 1.38. The minimum Gasteiger partial charge on any atom is -0.854 e. The fourth-order valence-corrected chi connectivity index (χ4v) is 1.38. The van der Waals surface area contributed by atoms with Crippen molar-refractivity contribution in [1.29, 1.82) is 0 Å². The van der Waals surface area contributed by atoms with Gasteiger partial charge in [0.15, 0.2) is 0 Å². The average Bonchev–Trinajstić information content (AvgIpc) is 2.26. The zero-order valence-corrected chi connectivity index (χ0v) is 9.37. The second-order valence-corrected chi connectivity index (χ2v) is 3.78. The summed E-state index contributed by atoms with van der Waals surface area (Å²) in [5.41, 5.74) is 1.25. The normalized spacial score (nSPS) is 10.3. The van der Waals surface area contributed by atoms with Crippen molar-refractivity contribution in [2.24, 2.45) is 0 Å². The summed E-state index contributed by atoms with van der Waals surface area (Å²) < 4.78 is 5.56. The molecule has 2 nitrogen and oxygen atoms in total. The van der Waals surface area contributed by atoms with Gasteiger partial charge in [-0.15, -0.1) is 6.61 Å². The Kier molecular flexibility index (Phi) is 5.86. The molecule has 1 aromatic carbocycles. The van der Waals surface area contributed by atoms with E-state index in [2.05, 4.69) is 6.92 Å². The zero-order valence-electron chi connectivity index (χ0n) is 9.37. The topological polar surface area (TPSA) is 32.3 Å². The van der Waals surface area contributed by atoms with Crippen LogP contribution in [0.3, 0.4) is 0 Å². The molecule has 15 heavy (non-hydrogen) atoms. The van der Waals surface area contributed by atoms with E-state index in [-0.39, 0.29) is 6.61 Å². The first-order valence-electron chi connectivity index (χ1n) is 5.60. The van der Waals surface area contributed by atoms with E-state index >= 15 is 0 Å². The molecule has 0 spiro atoms. The summed E-state index contributed by atoms with van der Waals surface area (Å²) in [7, 11) is 0. The van der Waals surface area contributed by atoms with Gasteiger partial charge in [-0.1, -0.05) is 37.0 Å². The van der Waals surface area contributed by atoms with Crippen LogP contribution in [0.25, 0.3) is 0 Å². The van der Waals surface area contributed by atoms with Gasteiger partial charge in [0, 0.05) is 0 Å². The fraction of sp³-hybridized carbons (Fsp3) is 0.538. The Bertz CT molecular complexity index is 254. The van der Waals surface area contributed by atoms with Gasteiger partial charge in [0.2, 0.25) is 0 Å². The molecule has 0 atom stereocenters. The molecule has 0 aliphatic carbocycles. The first-order valence-corrected chi connectivity index (χ1v) is 5.60. The van der Waals surface area contributed by atoms with Crippen molar-refractivity contribution in [1.82, 2.24) is 0 Å². The van der Waals surface area contributed by atoms with Crippen LogP contribution in [-0.4, -0.2) is 13.2 Å². The molecule has 84 valence electrons. The Morgan fingerprint density at radius 2 is 1.67 bits per heavy atom. The van der Waals surface area contributed by atoms with Gasteiger partial charge in [0.05, 0.1) is 6.61 Å². The van der Waals surface area contributed by atoms with E-state index < -0.39 is 0 Å². The highest BCUT2D eigenvalue weighted by Gasteiger charge is 1.92. The summed E-state index contributed by atoms with van der Waals surface area (Å²) in [6.07, 6.45) is 3.95. The molecule has 0 aromatic heterocycles. The Labute approximate surface area is 91.9 Å². The largest absolute Gasteiger partial charge is 0.854 e. The molecule has 0 radical (unpaired) electrons. The van der Waals surface area contributed by atoms with Gasteiger partial charge in [0.1, 0.15) is 5.75 Å². The highest BCUT2D eigenvalue weighted by Crippen LogP contribution is 2.12. The highest BCUT2D eigenvalue weighted by molar-refractivity contribution is 5.26. The first kappa shape index (κ1) is 12.1. The molecule has 2 heteroatoms. The predicted octanol–water partition coefficient (Wildman–Crippen LogP) is 2.29. The van der Waals surface area contributed by atoms with Gasteiger partial charge < -0.3 is 9.84 Å². The van der Waals surface area contributed by atoms with Crippen molar-refractivity contribution in [2.75, 3.05) is 13.2 Å². The zero-order chi connectivity index (χ0) is 10.9. The molecule has 1 rings (SSSR count). The lowest BCUT2D eigenvalue weighted by Gasteiger charge is -2.06. The molecule has 0 heterocycles. The summed E-state index contributed by atoms with van der Waals surface area (Å²) in [5, 5.41) is 10.2. The Morgan fingerprint density at radius 1 is 1.00 bits per heavy atom. The summed E-state index contributed by atoms with van der Waals surface area (Å²) >= 11 is 0. The smallest absolute Gasteiger partial charge is 0.119 e. The predicted molar refractivity (Wildman–Crippen MR) is 60.0 cm³/mol. The first-order chi connectivity index (χ1) is 7.33. The van der Waals surface area contributed by atoms with Gasteiger partial charge >= 0.3 is 0 Å². The second-order valence-electron chi connectivity index (χ2n) is 3.78. The monoisotopic (exact) mass is 207 g/mol. The maximum atomic E-state index is 10.2. The molecule has 0 N–H and O–H groups in total. The van der Waals surface area contributed by atoms with E-state index in [1.54, 1.807) is 0 Å². The number of hydrogen-bond donors (Lipinski definition) is 0. The number of unbranched alkanes of at least 4 members (excludes halogenated alkanes) is 3. The quantitative estimate of drug-likeness (QED) is 0.642. The lowest BCUT2D eigenvalue weighted by Crippen LogP contribution is -2.05. The van der Waals surface area contributed by atoms with Crippen LogP contribution in [0.2, 0.25) is 0 Å². The number of ether oxygens (including phenoxy) is 1. The lowest BCUT2D eigenvalue weighted by molar-refractivity contribution is -0.368. The maximum Gasteiger partial charge on any atom is 0.119 e. The Balaban J connectivity index is 2.07. The van der Waals surface area contributed by atoms with Crippen LogP contribution in [0.1, 0.15) is 31.2 Å². The van der Waals surface area contributed by atoms with Crippen LogP contribution in [0.15, 0.2) is 24.3 Å². The van der Waals surface area contributed by atoms with Gasteiger partial charge in [-0.25, -0.2) is 0 Å². The highest BCUT2D eigenvalue weighted by atomic mass is 16.5. The number of benzene rings is 1. The van der Waals surface area contributed by atoms with E-state index in [1.165, 1.54) is 5.56 Å². The van der Waals surface area contributed by atoms with Crippen LogP contribution in [0, 0.1) is 6.92 Å². The number of aryl methyl sites for hydroxylation is 1. The molecular weight excluding hydrogens is 188 g/mol. The van der Waals surface area contributed by atoms with Crippen LogP contribution >= 0.6 is 0 Å². The van der Waals surface area contributed by atoms with E-state index in [0.29, 0.717) is 0 Å². The molecule has 0 amide bonds. The minimum atomic E-state index is 0.0544. The molecule has 0 aliphatic heterocycles. The molecule has 0 bridgehead atoms. The van der Waals surface area contributed by atoms with E-state index in [9.17, 15) is 5.11 Å². The van der Waals surface area contributed by atoms with E-state index in [4.69, 9.17) is 4.74 Å². The molecule has 0 fully saturated rings. The Morgan fingerprint density at radius 3 is 2.33 bits per heavy atom. The standard InChI is InChI=1S/C13H19O2/c1-12-6-8-13(9-7-12)15-11-5-3-2-4-10-14/h6-9H,2-5,10-11H2,1H3/q-1. The van der Waals surface area contributed by atoms with Crippen LogP contribution in [0.5, 0.6) is 5.75 Å². The summed E-state index contributed by atoms with van der Waals surface area (Å²) in [5.74, 6) is 0.935. The van der Waals surface area contributed by atoms with Gasteiger partial charge in [0.25, 0.3) is 0 Å². The van der Waals surface area contributed by atoms with Crippen LogP contribution < -0.4 is 9.84 Å². The van der Waals surface area contributed by atoms with Crippen LogP contribution in [0.4, 0.5) is 0 Å². The second kappa shape index (κ2) is 7.30. The third-order valence-corrected chi connectivity index (χ3v) is 2.33. The van der Waals surface area contributed by atoms with Crippen molar-refractivity contribution in [3.8, 4) is 5.75 Å². The van der Waals surface area contributed by atoms with Crippen molar-refractivity contribution in [3.63, 3.8) is 0 Å². The molecular formula is C13H19O2-. The molecule has 1 aromatic rings. The summed E-state index contributed by atoms with van der Waals surface area (Å²) in [6, 6.07) is 8.08. The number of rotatable bonds is 7.